The third-order valence-corrected chi connectivity index (χ3v) is 5.35. The number of nitrogens with zero attached hydrogens (tertiary/aromatic N) is 1. The normalized spacial score (nSPS) is 19.9. The van der Waals surface area contributed by atoms with Gasteiger partial charge in [0.25, 0.3) is 0 Å². The molecule has 0 spiro atoms. The summed E-state index contributed by atoms with van der Waals surface area (Å²) in [7, 11) is 0. The Kier molecular flexibility index (Phi) is 7.05. The van der Waals surface area contributed by atoms with Gasteiger partial charge in [0.2, 0.25) is 5.91 Å². The quantitative estimate of drug-likeness (QED) is 0.740. The first kappa shape index (κ1) is 20.8. The van der Waals surface area contributed by atoms with E-state index in [0.717, 1.165) is 24.1 Å². The highest BCUT2D eigenvalue weighted by atomic mass is 35.5. The molecule has 0 unspecified atom stereocenters. The minimum atomic E-state index is -0.235. The summed E-state index contributed by atoms with van der Waals surface area (Å²) >= 11 is 6.33. The van der Waals surface area contributed by atoms with Crippen molar-refractivity contribution in [1.29, 1.82) is 0 Å². The number of amides is 1. The van der Waals surface area contributed by atoms with Crippen LogP contribution in [-0.2, 0) is 17.9 Å². The molecule has 2 aromatic carbocycles. The molecule has 1 saturated heterocycles. The molecule has 150 valence electrons. The molecule has 0 aliphatic carbocycles. The van der Waals surface area contributed by atoms with E-state index in [4.69, 9.17) is 11.6 Å². The summed E-state index contributed by atoms with van der Waals surface area (Å²) in [5.41, 5.74) is 2.04. The summed E-state index contributed by atoms with van der Waals surface area (Å²) < 4.78 is 13.1. The molecule has 0 radical (unpaired) electrons. The highest BCUT2D eigenvalue weighted by Gasteiger charge is 2.36. The number of benzene rings is 2. The lowest BCUT2D eigenvalue weighted by Crippen LogP contribution is -2.45. The van der Waals surface area contributed by atoms with Gasteiger partial charge >= 0.3 is 0 Å². The van der Waals surface area contributed by atoms with E-state index in [1.165, 1.54) is 12.1 Å². The standard InChI is InChI=1S/C22H27ClFN3O/c1-15(2)26-22(28)21-11-19(25-12-16-7-9-18(24)10-8-16)14-27(21)13-17-5-3-4-6-20(17)23/h3-10,15,19,21,25H,11-14H2,1-2H3,(H,26,28)/t19-,21+/m1/s1. The molecule has 1 aliphatic rings. The van der Waals surface area contributed by atoms with Crippen molar-refractivity contribution in [2.24, 2.45) is 0 Å². The lowest BCUT2D eigenvalue weighted by atomic mass is 10.1. The third kappa shape index (κ3) is 5.53. The lowest BCUT2D eigenvalue weighted by Gasteiger charge is -2.24. The van der Waals surface area contributed by atoms with Crippen LogP contribution in [-0.4, -0.2) is 35.5 Å². The monoisotopic (exact) mass is 403 g/mol. The van der Waals surface area contributed by atoms with Crippen LogP contribution in [0.1, 0.15) is 31.4 Å². The topological polar surface area (TPSA) is 44.4 Å². The number of halogens is 2. The van der Waals surface area contributed by atoms with Crippen molar-refractivity contribution in [3.05, 3.63) is 70.5 Å². The fraction of sp³-hybridized carbons (Fsp3) is 0.409. The zero-order valence-electron chi connectivity index (χ0n) is 16.3. The first-order valence-electron chi connectivity index (χ1n) is 9.68. The molecule has 1 fully saturated rings. The van der Waals surface area contributed by atoms with Crippen molar-refractivity contribution >= 4 is 17.5 Å². The fourth-order valence-corrected chi connectivity index (χ4v) is 3.78. The molecule has 2 N–H and O–H groups in total. The van der Waals surface area contributed by atoms with Gasteiger partial charge in [0, 0.05) is 36.7 Å². The molecule has 2 atom stereocenters. The molecule has 6 heteroatoms. The Hall–Kier alpha value is -1.95. The van der Waals surface area contributed by atoms with Crippen molar-refractivity contribution in [1.82, 2.24) is 15.5 Å². The number of rotatable bonds is 7. The summed E-state index contributed by atoms with van der Waals surface area (Å²) in [5, 5.41) is 7.26. The van der Waals surface area contributed by atoms with Crippen molar-refractivity contribution < 1.29 is 9.18 Å². The molecule has 0 aromatic heterocycles. The second kappa shape index (κ2) is 9.50. The number of nitrogens with one attached hydrogen (secondary N) is 2. The van der Waals surface area contributed by atoms with E-state index in [2.05, 4.69) is 15.5 Å². The molecule has 0 bridgehead atoms. The Labute approximate surface area is 171 Å². The SMILES string of the molecule is CC(C)NC(=O)[C@@H]1C[C@@H](NCc2ccc(F)cc2)CN1Cc1ccccc1Cl. The first-order valence-corrected chi connectivity index (χ1v) is 10.1. The predicted octanol–water partition coefficient (Wildman–Crippen LogP) is 3.74. The van der Waals surface area contributed by atoms with Gasteiger partial charge in [0.05, 0.1) is 6.04 Å². The van der Waals surface area contributed by atoms with Crippen LogP contribution in [0.5, 0.6) is 0 Å². The molecule has 1 heterocycles. The highest BCUT2D eigenvalue weighted by Crippen LogP contribution is 2.24. The number of hydrogen-bond donors (Lipinski definition) is 2. The average molecular weight is 404 g/mol. The van der Waals surface area contributed by atoms with Crippen molar-refractivity contribution in [2.75, 3.05) is 6.54 Å². The maximum atomic E-state index is 13.1. The fourth-order valence-electron chi connectivity index (χ4n) is 3.59. The molecule has 1 aliphatic heterocycles. The van der Waals surface area contributed by atoms with Crippen molar-refractivity contribution in [3.63, 3.8) is 0 Å². The summed E-state index contributed by atoms with van der Waals surface area (Å²) in [4.78, 5) is 14.9. The molecular weight excluding hydrogens is 377 g/mol. The van der Waals surface area contributed by atoms with Crippen LogP contribution in [0.4, 0.5) is 4.39 Å². The maximum Gasteiger partial charge on any atom is 0.237 e. The number of carbonyl (C=O) groups excluding carboxylic acids is 1. The molecule has 28 heavy (non-hydrogen) atoms. The smallest absolute Gasteiger partial charge is 0.237 e. The second-order valence-electron chi connectivity index (χ2n) is 7.64. The maximum absolute atomic E-state index is 13.1. The average Bonchev–Trinajstić information content (AvgIpc) is 3.06. The Balaban J connectivity index is 1.67. The van der Waals surface area contributed by atoms with Crippen LogP contribution in [0.15, 0.2) is 48.5 Å². The van der Waals surface area contributed by atoms with E-state index < -0.39 is 0 Å². The van der Waals surface area contributed by atoms with Gasteiger partial charge < -0.3 is 10.6 Å². The van der Waals surface area contributed by atoms with E-state index in [1.807, 2.05) is 38.1 Å². The largest absolute Gasteiger partial charge is 0.353 e. The first-order chi connectivity index (χ1) is 13.4. The predicted molar refractivity (Wildman–Crippen MR) is 111 cm³/mol. The minimum absolute atomic E-state index is 0.0492. The van der Waals surface area contributed by atoms with Crippen LogP contribution >= 0.6 is 11.6 Å². The van der Waals surface area contributed by atoms with E-state index in [9.17, 15) is 9.18 Å². The Morgan fingerprint density at radius 2 is 1.93 bits per heavy atom. The zero-order chi connectivity index (χ0) is 20.1. The van der Waals surface area contributed by atoms with E-state index in [-0.39, 0.29) is 29.8 Å². The molecule has 3 rings (SSSR count). The third-order valence-electron chi connectivity index (χ3n) is 4.98. The molecule has 4 nitrogen and oxygen atoms in total. The summed E-state index contributed by atoms with van der Waals surface area (Å²) in [6.45, 7) is 5.96. The van der Waals surface area contributed by atoms with Gasteiger partial charge in [-0.25, -0.2) is 4.39 Å². The van der Waals surface area contributed by atoms with Crippen LogP contribution in [0, 0.1) is 5.82 Å². The molecule has 2 aromatic rings. The van der Waals surface area contributed by atoms with Crippen LogP contribution < -0.4 is 10.6 Å². The Morgan fingerprint density at radius 3 is 2.61 bits per heavy atom. The van der Waals surface area contributed by atoms with Gasteiger partial charge in [-0.3, -0.25) is 9.69 Å². The van der Waals surface area contributed by atoms with E-state index in [0.29, 0.717) is 18.1 Å². The van der Waals surface area contributed by atoms with Crippen molar-refractivity contribution in [2.45, 2.75) is 51.5 Å². The minimum Gasteiger partial charge on any atom is -0.353 e. The van der Waals surface area contributed by atoms with Crippen molar-refractivity contribution in [3.8, 4) is 0 Å². The zero-order valence-corrected chi connectivity index (χ0v) is 17.0. The van der Waals surface area contributed by atoms with Gasteiger partial charge in [-0.05, 0) is 49.6 Å². The summed E-state index contributed by atoms with van der Waals surface area (Å²) in [6, 6.07) is 14.3. The van der Waals surface area contributed by atoms with Gasteiger partial charge in [-0.2, -0.15) is 0 Å². The lowest BCUT2D eigenvalue weighted by molar-refractivity contribution is -0.126. The number of hydrogen-bond acceptors (Lipinski definition) is 3. The Bertz CT molecular complexity index is 797. The molecular formula is C22H27ClFN3O. The summed E-state index contributed by atoms with van der Waals surface area (Å²) in [6.07, 6.45) is 0.726. The molecule has 0 saturated carbocycles. The van der Waals surface area contributed by atoms with Crippen LogP contribution in [0.2, 0.25) is 5.02 Å². The Morgan fingerprint density at radius 1 is 1.21 bits per heavy atom. The summed E-state index contributed by atoms with van der Waals surface area (Å²) in [5.74, 6) is -0.186. The number of likely N-dealkylation sites (tertiary alicyclic amines) is 1. The second-order valence-corrected chi connectivity index (χ2v) is 8.05. The highest BCUT2D eigenvalue weighted by molar-refractivity contribution is 6.31. The van der Waals surface area contributed by atoms with Crippen LogP contribution in [0.3, 0.4) is 0 Å². The van der Waals surface area contributed by atoms with Gasteiger partial charge in [-0.15, -0.1) is 0 Å². The van der Waals surface area contributed by atoms with E-state index in [1.54, 1.807) is 12.1 Å². The van der Waals surface area contributed by atoms with Gasteiger partial charge in [-0.1, -0.05) is 41.9 Å². The molecule has 1 amide bonds. The van der Waals surface area contributed by atoms with Crippen LogP contribution in [0.25, 0.3) is 0 Å². The number of carbonyl (C=O) groups is 1. The van der Waals surface area contributed by atoms with Gasteiger partial charge in [0.15, 0.2) is 0 Å². The van der Waals surface area contributed by atoms with Gasteiger partial charge in [0.1, 0.15) is 5.82 Å². The van der Waals surface area contributed by atoms with E-state index >= 15 is 0 Å².